The molecule has 0 radical (unpaired) electrons. The van der Waals surface area contributed by atoms with Gasteiger partial charge in [-0.25, -0.2) is 4.98 Å². The number of nitrogens with zero attached hydrogens (tertiary/aromatic N) is 1. The van der Waals surface area contributed by atoms with Gasteiger partial charge in [-0.15, -0.1) is 0 Å². The van der Waals surface area contributed by atoms with E-state index < -0.39 is 36.1 Å². The van der Waals surface area contributed by atoms with Crippen LogP contribution in [0.1, 0.15) is 18.7 Å². The fourth-order valence-electron chi connectivity index (χ4n) is 2.07. The average molecular weight is 378 g/mol. The van der Waals surface area contributed by atoms with Crippen LogP contribution in [-0.4, -0.2) is 44.9 Å². The lowest BCUT2D eigenvalue weighted by Gasteiger charge is -2.27. The van der Waals surface area contributed by atoms with Crippen molar-refractivity contribution in [3.63, 3.8) is 0 Å². The number of carboxylic acid groups (broad SMARTS) is 1. The Morgan fingerprint density at radius 1 is 1.32 bits per heavy atom. The summed E-state index contributed by atoms with van der Waals surface area (Å²) >= 11 is 1.07. The van der Waals surface area contributed by atoms with Crippen molar-refractivity contribution < 1.29 is 32.6 Å². The van der Waals surface area contributed by atoms with Gasteiger partial charge in [0.2, 0.25) is 11.5 Å². The third-order valence-electron chi connectivity index (χ3n) is 3.62. The van der Waals surface area contributed by atoms with Gasteiger partial charge in [-0.2, -0.15) is 24.9 Å². The van der Waals surface area contributed by atoms with E-state index in [-0.39, 0.29) is 29.0 Å². The normalized spacial score (nSPS) is 15.9. The topological polar surface area (TPSA) is 110 Å². The van der Waals surface area contributed by atoms with Gasteiger partial charge in [0.25, 0.3) is 0 Å². The fourth-order valence-corrected chi connectivity index (χ4v) is 3.14. The molecule has 1 aromatic heterocycles. The van der Waals surface area contributed by atoms with Crippen LogP contribution in [0.2, 0.25) is 0 Å². The first kappa shape index (κ1) is 19.5. The highest BCUT2D eigenvalue weighted by molar-refractivity contribution is 7.99. The number of rotatable bonds is 8. The first-order valence-electron chi connectivity index (χ1n) is 7.36. The molecule has 0 aliphatic rings. The summed E-state index contributed by atoms with van der Waals surface area (Å²) in [4.78, 5) is 14.3. The van der Waals surface area contributed by atoms with Crippen molar-refractivity contribution in [1.82, 2.24) is 4.98 Å². The Morgan fingerprint density at radius 3 is 2.60 bits per heavy atom. The molecule has 0 aliphatic heterocycles. The van der Waals surface area contributed by atoms with E-state index in [1.54, 1.807) is 12.1 Å². The van der Waals surface area contributed by atoms with Gasteiger partial charge >= 0.3 is 12.1 Å². The highest BCUT2D eigenvalue weighted by Crippen LogP contribution is 2.42. The smallest absolute Gasteiger partial charge is 0.426 e. The highest BCUT2D eigenvalue weighted by atomic mass is 32.2. The second kappa shape index (κ2) is 7.63. The number of aromatic nitrogens is 1. The van der Waals surface area contributed by atoms with Crippen molar-refractivity contribution in [2.75, 3.05) is 11.5 Å². The molecule has 4 N–H and O–H groups in total. The van der Waals surface area contributed by atoms with Gasteiger partial charge in [0.1, 0.15) is 11.6 Å². The predicted octanol–water partition coefficient (Wildman–Crippen LogP) is 2.50. The molecule has 0 aliphatic carbocycles. The Bertz CT molecular complexity index is 704. The molecule has 0 saturated heterocycles. The van der Waals surface area contributed by atoms with E-state index in [0.717, 1.165) is 11.8 Å². The van der Waals surface area contributed by atoms with Crippen molar-refractivity contribution in [1.29, 1.82) is 0 Å². The van der Waals surface area contributed by atoms with E-state index in [1.165, 1.54) is 12.1 Å². The second-order valence-electron chi connectivity index (χ2n) is 5.44. The van der Waals surface area contributed by atoms with E-state index in [0.29, 0.717) is 0 Å². The number of carboxylic acids is 1. The number of fused-ring (bicyclic) bond motifs is 1. The minimum atomic E-state index is -4.97. The van der Waals surface area contributed by atoms with Crippen LogP contribution in [0.3, 0.4) is 0 Å². The zero-order valence-corrected chi connectivity index (χ0v) is 13.8. The van der Waals surface area contributed by atoms with E-state index in [2.05, 4.69) is 4.98 Å². The Kier molecular flexibility index (Phi) is 5.96. The molecule has 2 atom stereocenters. The Morgan fingerprint density at radius 2 is 2.00 bits per heavy atom. The van der Waals surface area contributed by atoms with Crippen LogP contribution < -0.4 is 5.73 Å². The van der Waals surface area contributed by atoms with E-state index in [1.807, 2.05) is 0 Å². The molecule has 2 rings (SSSR count). The maximum Gasteiger partial charge on any atom is 0.426 e. The van der Waals surface area contributed by atoms with Gasteiger partial charge in [-0.05, 0) is 30.1 Å². The Hall–Kier alpha value is -1.78. The fraction of sp³-hybridized carbons (Fsp3) is 0.467. The molecular weight excluding hydrogens is 361 g/mol. The number of para-hydroxylation sites is 2. The number of benzene rings is 1. The quantitative estimate of drug-likeness (QED) is 0.606. The maximum absolute atomic E-state index is 13.4. The van der Waals surface area contributed by atoms with Crippen LogP contribution in [-0.2, 0) is 10.4 Å². The number of aliphatic carboxylic acids is 1. The largest absolute Gasteiger partial charge is 0.480 e. The van der Waals surface area contributed by atoms with Gasteiger partial charge in [0, 0.05) is 6.42 Å². The first-order valence-corrected chi connectivity index (χ1v) is 8.52. The Balaban J connectivity index is 2.06. The molecule has 25 heavy (non-hydrogen) atoms. The number of thioether (sulfide) groups is 1. The van der Waals surface area contributed by atoms with Crippen LogP contribution >= 0.6 is 11.8 Å². The summed E-state index contributed by atoms with van der Waals surface area (Å²) in [5.41, 5.74) is 2.48. The van der Waals surface area contributed by atoms with Crippen LogP contribution in [0.25, 0.3) is 11.1 Å². The van der Waals surface area contributed by atoms with Crippen LogP contribution in [0.5, 0.6) is 0 Å². The molecule has 1 aromatic carbocycles. The molecule has 2 aromatic rings. The summed E-state index contributed by atoms with van der Waals surface area (Å²) in [7, 11) is 0. The minimum absolute atomic E-state index is 0.0684. The molecule has 0 saturated carbocycles. The molecule has 10 heteroatoms. The summed E-state index contributed by atoms with van der Waals surface area (Å²) in [6, 6.07) is 5.08. The summed E-state index contributed by atoms with van der Waals surface area (Å²) in [6.45, 7) is 0. The van der Waals surface area contributed by atoms with Gasteiger partial charge in [-0.1, -0.05) is 12.1 Å². The lowest BCUT2D eigenvalue weighted by atomic mass is 10.0. The van der Waals surface area contributed by atoms with Crippen molar-refractivity contribution in [2.24, 2.45) is 5.73 Å². The number of oxazole rings is 1. The average Bonchev–Trinajstić information content (AvgIpc) is 2.97. The van der Waals surface area contributed by atoms with Crippen molar-refractivity contribution in [3.8, 4) is 0 Å². The number of nitrogens with two attached hydrogens (primary N) is 1. The van der Waals surface area contributed by atoms with Crippen LogP contribution in [0.4, 0.5) is 13.2 Å². The highest BCUT2D eigenvalue weighted by Gasteiger charge is 2.58. The van der Waals surface area contributed by atoms with Crippen LogP contribution in [0, 0.1) is 0 Å². The second-order valence-corrected chi connectivity index (χ2v) is 6.67. The lowest BCUT2D eigenvalue weighted by molar-refractivity contribution is -0.274. The minimum Gasteiger partial charge on any atom is -0.480 e. The third-order valence-corrected chi connectivity index (χ3v) is 4.63. The van der Waals surface area contributed by atoms with Gasteiger partial charge in [-0.3, -0.25) is 4.79 Å². The number of hydrogen-bond donors (Lipinski definition) is 3. The number of alkyl halides is 3. The van der Waals surface area contributed by atoms with Gasteiger partial charge < -0.3 is 20.4 Å². The SMILES string of the molecule is NC(CCSCCC(O)(c1nc2ccccc2o1)C(F)(F)F)C(=O)O. The summed E-state index contributed by atoms with van der Waals surface area (Å²) in [5.74, 6) is -1.78. The summed E-state index contributed by atoms with van der Waals surface area (Å²) in [5, 5.41) is 18.9. The maximum atomic E-state index is 13.4. The molecule has 1 heterocycles. The zero-order chi connectivity index (χ0) is 18.7. The summed E-state index contributed by atoms with van der Waals surface area (Å²) < 4.78 is 45.3. The molecule has 138 valence electrons. The standard InChI is InChI=1S/C15H17F3N2O4S/c16-15(17,18)14(23,6-8-25-7-5-9(19)12(21)22)13-20-10-3-1-2-4-11(10)24-13/h1-4,9,23H,5-8,19H2,(H,21,22). The van der Waals surface area contributed by atoms with Gasteiger partial charge in [0.05, 0.1) is 0 Å². The number of halogens is 3. The predicted molar refractivity (Wildman–Crippen MR) is 86.1 cm³/mol. The Labute approximate surface area is 145 Å². The zero-order valence-electron chi connectivity index (χ0n) is 13.0. The van der Waals surface area contributed by atoms with Crippen LogP contribution in [0.15, 0.2) is 28.7 Å². The molecule has 0 amide bonds. The number of aliphatic hydroxyl groups is 1. The first-order chi connectivity index (χ1) is 11.6. The number of carbonyl (C=O) groups is 1. The molecule has 6 nitrogen and oxygen atoms in total. The third kappa shape index (κ3) is 4.44. The molecule has 0 fully saturated rings. The van der Waals surface area contributed by atoms with E-state index in [4.69, 9.17) is 15.3 Å². The monoisotopic (exact) mass is 378 g/mol. The molecule has 2 unspecified atom stereocenters. The van der Waals surface area contributed by atoms with Crippen molar-refractivity contribution in [3.05, 3.63) is 30.2 Å². The summed E-state index contributed by atoms with van der Waals surface area (Å²) in [6.07, 6.45) is -5.52. The lowest BCUT2D eigenvalue weighted by Crippen LogP contribution is -2.43. The van der Waals surface area contributed by atoms with E-state index in [9.17, 15) is 23.1 Å². The van der Waals surface area contributed by atoms with Crippen molar-refractivity contribution >= 4 is 28.8 Å². The van der Waals surface area contributed by atoms with Gasteiger partial charge in [0.15, 0.2) is 5.58 Å². The molecule has 0 bridgehead atoms. The molecular formula is C15H17F3N2O4S. The molecule has 0 spiro atoms. The van der Waals surface area contributed by atoms with Crippen molar-refractivity contribution in [2.45, 2.75) is 30.7 Å². The number of hydrogen-bond acceptors (Lipinski definition) is 6. The van der Waals surface area contributed by atoms with E-state index >= 15 is 0 Å².